The van der Waals surface area contributed by atoms with E-state index in [9.17, 15) is 4.79 Å². The minimum Gasteiger partial charge on any atom is -0.356 e. The zero-order valence-electron chi connectivity index (χ0n) is 13.9. The van der Waals surface area contributed by atoms with Gasteiger partial charge in [-0.25, -0.2) is 9.97 Å². The molecular formula is C18H21BrN4O. The molecule has 1 atom stereocenters. The minimum atomic E-state index is -0.223. The first-order valence-corrected chi connectivity index (χ1v) is 8.99. The first-order valence-electron chi connectivity index (χ1n) is 8.19. The van der Waals surface area contributed by atoms with Crippen molar-refractivity contribution in [1.29, 1.82) is 0 Å². The van der Waals surface area contributed by atoms with E-state index >= 15 is 0 Å². The number of anilines is 2. The van der Waals surface area contributed by atoms with Gasteiger partial charge in [0, 0.05) is 23.6 Å². The standard InChI is InChI=1S/C18H21BrN4O/c1-12-6-5-9-23(11-12)17-10-16(20-13(2)21-17)18(24)22-15-8-4-3-7-14(15)19/h3-4,7-8,10,12H,5-6,9,11H2,1-2H3,(H,22,24). The van der Waals surface area contributed by atoms with Gasteiger partial charge in [-0.15, -0.1) is 0 Å². The largest absolute Gasteiger partial charge is 0.356 e. The molecule has 1 aromatic carbocycles. The van der Waals surface area contributed by atoms with Crippen molar-refractivity contribution in [3.8, 4) is 0 Å². The van der Waals surface area contributed by atoms with E-state index < -0.39 is 0 Å². The van der Waals surface area contributed by atoms with Crippen molar-refractivity contribution >= 4 is 33.3 Å². The Hall–Kier alpha value is -1.95. The molecule has 1 aliphatic heterocycles. The van der Waals surface area contributed by atoms with Crippen molar-refractivity contribution in [1.82, 2.24) is 9.97 Å². The van der Waals surface area contributed by atoms with Gasteiger partial charge in [-0.2, -0.15) is 0 Å². The Bertz CT molecular complexity index is 750. The Morgan fingerprint density at radius 3 is 2.88 bits per heavy atom. The molecule has 126 valence electrons. The van der Waals surface area contributed by atoms with Gasteiger partial charge in [0.15, 0.2) is 0 Å². The number of rotatable bonds is 3. The van der Waals surface area contributed by atoms with Gasteiger partial charge in [0.25, 0.3) is 5.91 Å². The third kappa shape index (κ3) is 3.93. The monoisotopic (exact) mass is 388 g/mol. The third-order valence-electron chi connectivity index (χ3n) is 4.16. The topological polar surface area (TPSA) is 58.1 Å². The molecule has 0 bridgehead atoms. The number of piperidine rings is 1. The predicted octanol–water partition coefficient (Wildman–Crippen LogP) is 4.04. The number of nitrogens with zero attached hydrogens (tertiary/aromatic N) is 3. The molecule has 24 heavy (non-hydrogen) atoms. The number of aryl methyl sites for hydroxylation is 1. The highest BCUT2D eigenvalue weighted by molar-refractivity contribution is 9.10. The van der Waals surface area contributed by atoms with Gasteiger partial charge in [-0.05, 0) is 53.7 Å². The Kier molecular flexibility index (Phi) is 5.14. The average molecular weight is 389 g/mol. The van der Waals surface area contributed by atoms with Gasteiger partial charge in [-0.3, -0.25) is 4.79 Å². The summed E-state index contributed by atoms with van der Waals surface area (Å²) >= 11 is 3.44. The van der Waals surface area contributed by atoms with Crippen molar-refractivity contribution in [2.75, 3.05) is 23.3 Å². The molecule has 2 aromatic rings. The zero-order chi connectivity index (χ0) is 17.1. The van der Waals surface area contributed by atoms with Crippen LogP contribution in [0.5, 0.6) is 0 Å². The van der Waals surface area contributed by atoms with Crippen LogP contribution < -0.4 is 10.2 Å². The lowest BCUT2D eigenvalue weighted by Crippen LogP contribution is -2.35. The fourth-order valence-corrected chi connectivity index (χ4v) is 3.36. The lowest BCUT2D eigenvalue weighted by Gasteiger charge is -2.32. The maximum atomic E-state index is 12.6. The molecule has 1 unspecified atom stereocenters. The summed E-state index contributed by atoms with van der Waals surface area (Å²) in [5, 5.41) is 2.90. The summed E-state index contributed by atoms with van der Waals surface area (Å²) in [6.45, 7) is 6.03. The third-order valence-corrected chi connectivity index (χ3v) is 4.85. The van der Waals surface area contributed by atoms with Crippen LogP contribution in [0.2, 0.25) is 0 Å². The van der Waals surface area contributed by atoms with E-state index in [0.29, 0.717) is 17.4 Å². The number of amides is 1. The van der Waals surface area contributed by atoms with Crippen LogP contribution in [0.3, 0.4) is 0 Å². The van der Waals surface area contributed by atoms with E-state index in [2.05, 4.69) is 43.0 Å². The number of hydrogen-bond donors (Lipinski definition) is 1. The maximum Gasteiger partial charge on any atom is 0.274 e. The summed E-state index contributed by atoms with van der Waals surface area (Å²) in [5.74, 6) is 1.87. The smallest absolute Gasteiger partial charge is 0.274 e. The van der Waals surface area contributed by atoms with E-state index in [1.807, 2.05) is 31.2 Å². The maximum absolute atomic E-state index is 12.6. The molecule has 6 heteroatoms. The number of carbonyl (C=O) groups is 1. The van der Waals surface area contributed by atoms with E-state index in [4.69, 9.17) is 0 Å². The van der Waals surface area contributed by atoms with Crippen molar-refractivity contribution in [2.45, 2.75) is 26.7 Å². The van der Waals surface area contributed by atoms with Crippen LogP contribution in [-0.4, -0.2) is 29.0 Å². The summed E-state index contributed by atoms with van der Waals surface area (Å²) in [4.78, 5) is 23.7. The number of benzene rings is 1. The van der Waals surface area contributed by atoms with Crippen molar-refractivity contribution in [3.63, 3.8) is 0 Å². The second-order valence-electron chi connectivity index (χ2n) is 6.29. The first-order chi connectivity index (χ1) is 11.5. The Morgan fingerprint density at radius 2 is 2.12 bits per heavy atom. The van der Waals surface area contributed by atoms with E-state index in [1.54, 1.807) is 6.07 Å². The van der Waals surface area contributed by atoms with Gasteiger partial charge in [-0.1, -0.05) is 19.1 Å². The predicted molar refractivity (Wildman–Crippen MR) is 99.5 cm³/mol. The molecule has 1 aliphatic rings. The number of nitrogens with one attached hydrogen (secondary N) is 1. The summed E-state index contributed by atoms with van der Waals surface area (Å²) in [7, 11) is 0. The van der Waals surface area contributed by atoms with E-state index in [0.717, 1.165) is 35.5 Å². The van der Waals surface area contributed by atoms with Crippen LogP contribution in [0.25, 0.3) is 0 Å². The Labute approximate surface area is 150 Å². The van der Waals surface area contributed by atoms with E-state index in [1.165, 1.54) is 6.42 Å². The molecule has 2 heterocycles. The fourth-order valence-electron chi connectivity index (χ4n) is 2.98. The average Bonchev–Trinajstić information content (AvgIpc) is 2.56. The molecule has 1 N–H and O–H groups in total. The highest BCUT2D eigenvalue weighted by atomic mass is 79.9. The lowest BCUT2D eigenvalue weighted by molar-refractivity contribution is 0.102. The number of halogens is 1. The quantitative estimate of drug-likeness (QED) is 0.861. The number of para-hydroxylation sites is 1. The van der Waals surface area contributed by atoms with Gasteiger partial charge in [0.05, 0.1) is 5.69 Å². The summed E-state index contributed by atoms with van der Waals surface area (Å²) < 4.78 is 0.842. The van der Waals surface area contributed by atoms with Crippen LogP contribution in [-0.2, 0) is 0 Å². The Balaban J connectivity index is 1.83. The molecule has 1 fully saturated rings. The molecule has 1 amide bonds. The van der Waals surface area contributed by atoms with Gasteiger partial charge in [0.1, 0.15) is 17.3 Å². The molecule has 0 spiro atoms. The van der Waals surface area contributed by atoms with Crippen LogP contribution in [0, 0.1) is 12.8 Å². The molecule has 0 radical (unpaired) electrons. The second-order valence-corrected chi connectivity index (χ2v) is 7.14. The first kappa shape index (κ1) is 16.9. The fraction of sp³-hybridized carbons (Fsp3) is 0.389. The number of aromatic nitrogens is 2. The highest BCUT2D eigenvalue weighted by Gasteiger charge is 2.20. The van der Waals surface area contributed by atoms with Crippen molar-refractivity contribution < 1.29 is 4.79 Å². The van der Waals surface area contributed by atoms with Gasteiger partial charge < -0.3 is 10.2 Å². The molecular weight excluding hydrogens is 368 g/mol. The number of hydrogen-bond acceptors (Lipinski definition) is 4. The van der Waals surface area contributed by atoms with Gasteiger partial charge in [0.2, 0.25) is 0 Å². The zero-order valence-corrected chi connectivity index (χ0v) is 15.5. The second kappa shape index (κ2) is 7.30. The Morgan fingerprint density at radius 1 is 1.33 bits per heavy atom. The SMILES string of the molecule is Cc1nc(C(=O)Nc2ccccc2Br)cc(N2CCCC(C)C2)n1. The van der Waals surface area contributed by atoms with Gasteiger partial charge >= 0.3 is 0 Å². The van der Waals surface area contributed by atoms with Crippen molar-refractivity contribution in [2.24, 2.45) is 5.92 Å². The van der Waals surface area contributed by atoms with Crippen LogP contribution in [0.1, 0.15) is 36.1 Å². The number of carbonyl (C=O) groups excluding carboxylic acids is 1. The van der Waals surface area contributed by atoms with E-state index in [-0.39, 0.29) is 5.91 Å². The molecule has 3 rings (SSSR count). The molecule has 1 aromatic heterocycles. The molecule has 1 saturated heterocycles. The van der Waals surface area contributed by atoms with Crippen LogP contribution in [0.4, 0.5) is 11.5 Å². The summed E-state index contributed by atoms with van der Waals surface area (Å²) in [6.07, 6.45) is 2.40. The summed E-state index contributed by atoms with van der Waals surface area (Å²) in [5.41, 5.74) is 1.12. The molecule has 0 saturated carbocycles. The van der Waals surface area contributed by atoms with Crippen LogP contribution >= 0.6 is 15.9 Å². The highest BCUT2D eigenvalue weighted by Crippen LogP contribution is 2.24. The van der Waals surface area contributed by atoms with Crippen molar-refractivity contribution in [3.05, 3.63) is 46.3 Å². The molecule has 5 nitrogen and oxygen atoms in total. The minimum absolute atomic E-state index is 0.223. The van der Waals surface area contributed by atoms with Crippen LogP contribution in [0.15, 0.2) is 34.8 Å². The summed E-state index contributed by atoms with van der Waals surface area (Å²) in [6, 6.07) is 9.32. The lowest BCUT2D eigenvalue weighted by atomic mass is 10.0. The normalized spacial score (nSPS) is 17.6. The molecule has 0 aliphatic carbocycles.